The Kier molecular flexibility index (Phi) is 5.46. The molecule has 0 atom stereocenters. The van der Waals surface area contributed by atoms with E-state index in [4.69, 9.17) is 16.1 Å². The molecule has 0 aliphatic carbocycles. The predicted octanol–water partition coefficient (Wildman–Crippen LogP) is 5.49. The molecule has 1 heterocycles. The third-order valence-electron chi connectivity index (χ3n) is 3.55. The number of thioether (sulfide) groups is 1. The molecule has 1 aromatic heterocycles. The molecule has 6 heteroatoms. The lowest BCUT2D eigenvalue weighted by atomic mass is 10.2. The Labute approximate surface area is 155 Å². The second-order valence-electron chi connectivity index (χ2n) is 5.66. The molecule has 4 nitrogen and oxygen atoms in total. The quantitative estimate of drug-likeness (QED) is 0.601. The van der Waals surface area contributed by atoms with Gasteiger partial charge in [-0.05, 0) is 43.7 Å². The third kappa shape index (κ3) is 4.44. The summed E-state index contributed by atoms with van der Waals surface area (Å²) in [4.78, 5) is 13.5. The lowest BCUT2D eigenvalue weighted by molar-refractivity contribution is 0.102. The minimum Gasteiger partial charge on any atom is -0.360 e. The number of halogens is 1. The van der Waals surface area contributed by atoms with E-state index >= 15 is 0 Å². The summed E-state index contributed by atoms with van der Waals surface area (Å²) >= 11 is 7.74. The number of hydrogen-bond donors (Lipinski definition) is 1. The fraction of sp³-hybridized carbons (Fsp3) is 0.158. The van der Waals surface area contributed by atoms with Gasteiger partial charge in [0.1, 0.15) is 5.76 Å². The van der Waals surface area contributed by atoms with Crippen LogP contribution in [-0.4, -0.2) is 11.1 Å². The Morgan fingerprint density at radius 3 is 2.72 bits per heavy atom. The maximum absolute atomic E-state index is 12.7. The summed E-state index contributed by atoms with van der Waals surface area (Å²) in [6.45, 7) is 3.83. The topological polar surface area (TPSA) is 55.1 Å². The highest BCUT2D eigenvalue weighted by molar-refractivity contribution is 7.98. The first-order chi connectivity index (χ1) is 12.0. The molecule has 3 aromatic rings. The van der Waals surface area contributed by atoms with Crippen molar-refractivity contribution in [1.82, 2.24) is 5.16 Å². The second kappa shape index (κ2) is 7.76. The molecular formula is C19H17ClN2O2S. The Morgan fingerprint density at radius 1 is 1.20 bits per heavy atom. The largest absolute Gasteiger partial charge is 0.360 e. The standard InChI is InChI=1S/C19H17ClN2O2S/c1-12-7-8-17(16(20)9-12)21-19(23)15-5-3-4-6-18(15)25-11-14-10-13(2)22-24-14/h3-10H,11H2,1-2H3,(H,21,23). The maximum Gasteiger partial charge on any atom is 0.256 e. The number of nitrogens with one attached hydrogen (secondary N) is 1. The van der Waals surface area contributed by atoms with Gasteiger partial charge in [0.2, 0.25) is 0 Å². The molecule has 1 N–H and O–H groups in total. The van der Waals surface area contributed by atoms with Crippen molar-refractivity contribution in [2.75, 3.05) is 5.32 Å². The van der Waals surface area contributed by atoms with Crippen molar-refractivity contribution in [1.29, 1.82) is 0 Å². The summed E-state index contributed by atoms with van der Waals surface area (Å²) in [6, 6.07) is 14.9. The third-order valence-corrected chi connectivity index (χ3v) is 4.96. The number of carbonyl (C=O) groups excluding carboxylic acids is 1. The molecule has 0 aliphatic heterocycles. The number of amides is 1. The molecule has 0 bridgehead atoms. The van der Waals surface area contributed by atoms with Crippen LogP contribution in [0.3, 0.4) is 0 Å². The van der Waals surface area contributed by atoms with E-state index < -0.39 is 0 Å². The number of carbonyl (C=O) groups is 1. The number of benzene rings is 2. The van der Waals surface area contributed by atoms with E-state index in [1.807, 2.05) is 56.3 Å². The van der Waals surface area contributed by atoms with Crippen LogP contribution in [0.2, 0.25) is 5.02 Å². The average molecular weight is 373 g/mol. The first-order valence-electron chi connectivity index (χ1n) is 7.74. The lowest BCUT2D eigenvalue weighted by Gasteiger charge is -2.11. The van der Waals surface area contributed by atoms with Crippen molar-refractivity contribution in [2.45, 2.75) is 24.5 Å². The van der Waals surface area contributed by atoms with Crippen LogP contribution in [0.25, 0.3) is 0 Å². The highest BCUT2D eigenvalue weighted by atomic mass is 35.5. The Balaban J connectivity index is 1.76. The van der Waals surface area contributed by atoms with Gasteiger partial charge in [0.15, 0.2) is 0 Å². The van der Waals surface area contributed by atoms with Gasteiger partial charge in [0.25, 0.3) is 5.91 Å². The van der Waals surface area contributed by atoms with Crippen LogP contribution in [0.1, 0.15) is 27.4 Å². The minimum atomic E-state index is -0.192. The van der Waals surface area contributed by atoms with Crippen molar-refractivity contribution < 1.29 is 9.32 Å². The van der Waals surface area contributed by atoms with Gasteiger partial charge in [-0.3, -0.25) is 4.79 Å². The second-order valence-corrected chi connectivity index (χ2v) is 7.08. The fourth-order valence-electron chi connectivity index (χ4n) is 2.32. The SMILES string of the molecule is Cc1ccc(NC(=O)c2ccccc2SCc2cc(C)no2)c(Cl)c1. The summed E-state index contributed by atoms with van der Waals surface area (Å²) in [5.74, 6) is 1.19. The molecule has 2 aromatic carbocycles. The van der Waals surface area contributed by atoms with Gasteiger partial charge in [-0.25, -0.2) is 0 Å². The molecule has 0 radical (unpaired) electrons. The Hall–Kier alpha value is -2.24. The predicted molar refractivity (Wildman–Crippen MR) is 101 cm³/mol. The minimum absolute atomic E-state index is 0.192. The molecular weight excluding hydrogens is 356 g/mol. The van der Waals surface area contributed by atoms with Gasteiger partial charge < -0.3 is 9.84 Å². The van der Waals surface area contributed by atoms with Crippen LogP contribution in [-0.2, 0) is 5.75 Å². The molecule has 0 saturated carbocycles. The highest BCUT2D eigenvalue weighted by Crippen LogP contribution is 2.28. The first-order valence-corrected chi connectivity index (χ1v) is 9.11. The summed E-state index contributed by atoms with van der Waals surface area (Å²) in [5.41, 5.74) is 3.08. The van der Waals surface area contributed by atoms with Crippen LogP contribution in [0.4, 0.5) is 5.69 Å². The number of aromatic nitrogens is 1. The van der Waals surface area contributed by atoms with E-state index in [0.717, 1.165) is 21.9 Å². The van der Waals surface area contributed by atoms with Crippen LogP contribution in [0, 0.1) is 13.8 Å². The first kappa shape index (κ1) is 17.6. The van der Waals surface area contributed by atoms with Crippen LogP contribution >= 0.6 is 23.4 Å². The number of nitrogens with zero attached hydrogens (tertiary/aromatic N) is 1. The summed E-state index contributed by atoms with van der Waals surface area (Å²) in [6.07, 6.45) is 0. The molecule has 1 amide bonds. The van der Waals surface area contributed by atoms with Gasteiger partial charge in [-0.1, -0.05) is 35.0 Å². The van der Waals surface area contributed by atoms with E-state index in [0.29, 0.717) is 22.0 Å². The molecule has 3 rings (SSSR count). The molecule has 0 aliphatic rings. The smallest absolute Gasteiger partial charge is 0.256 e. The molecule has 128 valence electrons. The van der Waals surface area contributed by atoms with Crippen LogP contribution in [0.15, 0.2) is 57.9 Å². The van der Waals surface area contributed by atoms with Crippen molar-refractivity contribution in [3.63, 3.8) is 0 Å². The van der Waals surface area contributed by atoms with E-state index in [2.05, 4.69) is 10.5 Å². The number of anilines is 1. The fourth-order valence-corrected chi connectivity index (χ4v) is 3.53. The summed E-state index contributed by atoms with van der Waals surface area (Å²) in [7, 11) is 0. The van der Waals surface area contributed by atoms with Crippen LogP contribution in [0.5, 0.6) is 0 Å². The molecule has 0 spiro atoms. The Bertz CT molecular complexity index is 908. The monoisotopic (exact) mass is 372 g/mol. The highest BCUT2D eigenvalue weighted by Gasteiger charge is 2.14. The number of aryl methyl sites for hydroxylation is 2. The van der Waals surface area contributed by atoms with Gasteiger partial charge >= 0.3 is 0 Å². The maximum atomic E-state index is 12.7. The molecule has 0 unspecified atom stereocenters. The van der Waals surface area contributed by atoms with Gasteiger partial charge in [-0.15, -0.1) is 11.8 Å². The van der Waals surface area contributed by atoms with E-state index in [9.17, 15) is 4.79 Å². The van der Waals surface area contributed by atoms with Crippen molar-refractivity contribution in [3.8, 4) is 0 Å². The normalized spacial score (nSPS) is 10.7. The summed E-state index contributed by atoms with van der Waals surface area (Å²) < 4.78 is 5.22. The van der Waals surface area contributed by atoms with E-state index in [1.54, 1.807) is 6.07 Å². The Morgan fingerprint density at radius 2 is 2.00 bits per heavy atom. The van der Waals surface area contributed by atoms with Crippen LogP contribution < -0.4 is 5.32 Å². The zero-order chi connectivity index (χ0) is 17.8. The van der Waals surface area contributed by atoms with E-state index in [-0.39, 0.29) is 5.91 Å². The number of hydrogen-bond acceptors (Lipinski definition) is 4. The molecule has 25 heavy (non-hydrogen) atoms. The lowest BCUT2D eigenvalue weighted by Crippen LogP contribution is -2.13. The van der Waals surface area contributed by atoms with Crippen molar-refractivity contribution >= 4 is 35.0 Å². The summed E-state index contributed by atoms with van der Waals surface area (Å²) in [5, 5.41) is 7.28. The van der Waals surface area contributed by atoms with E-state index in [1.165, 1.54) is 11.8 Å². The van der Waals surface area contributed by atoms with Gasteiger partial charge in [0, 0.05) is 11.0 Å². The number of rotatable bonds is 5. The zero-order valence-corrected chi connectivity index (χ0v) is 15.4. The average Bonchev–Trinajstić information content (AvgIpc) is 3.01. The molecule has 0 saturated heterocycles. The van der Waals surface area contributed by atoms with Crippen molar-refractivity contribution in [2.24, 2.45) is 0 Å². The van der Waals surface area contributed by atoms with Gasteiger partial charge in [-0.2, -0.15) is 0 Å². The molecule has 0 fully saturated rings. The van der Waals surface area contributed by atoms with Gasteiger partial charge in [0.05, 0.1) is 27.7 Å². The van der Waals surface area contributed by atoms with Crippen molar-refractivity contribution in [3.05, 3.63) is 76.1 Å². The zero-order valence-electron chi connectivity index (χ0n) is 13.9.